The van der Waals surface area contributed by atoms with E-state index in [9.17, 15) is 5.11 Å². The van der Waals surface area contributed by atoms with Gasteiger partial charge in [0.15, 0.2) is 0 Å². The van der Waals surface area contributed by atoms with Crippen molar-refractivity contribution in [3.8, 4) is 5.75 Å². The van der Waals surface area contributed by atoms with E-state index in [0.29, 0.717) is 5.75 Å². The van der Waals surface area contributed by atoms with Crippen LogP contribution in [0.15, 0.2) is 36.4 Å². The van der Waals surface area contributed by atoms with E-state index in [1.54, 1.807) is 6.07 Å². The minimum Gasteiger partial charge on any atom is -0.507 e. The van der Waals surface area contributed by atoms with Gasteiger partial charge in [0, 0.05) is 5.39 Å². The molecule has 0 aliphatic heterocycles. The summed E-state index contributed by atoms with van der Waals surface area (Å²) >= 11 is 0. The third-order valence-electron chi connectivity index (χ3n) is 2.37. The maximum absolute atomic E-state index is 9.59. The van der Waals surface area contributed by atoms with E-state index in [1.807, 2.05) is 30.3 Å². The second-order valence-electron chi connectivity index (χ2n) is 3.14. The number of hydrogen-bond acceptors (Lipinski definition) is 1. The molecule has 0 fully saturated rings. The zero-order valence-electron chi connectivity index (χ0n) is 7.62. The van der Waals surface area contributed by atoms with Crippen molar-refractivity contribution >= 4 is 10.8 Å². The number of phenols is 1. The normalized spacial score (nSPS) is 10.5. The predicted molar refractivity (Wildman–Crippen MR) is 55.0 cm³/mol. The summed E-state index contributed by atoms with van der Waals surface area (Å²) in [5, 5.41) is 11.7. The molecule has 0 saturated carbocycles. The molecule has 0 aromatic heterocycles. The van der Waals surface area contributed by atoms with Crippen molar-refractivity contribution in [1.82, 2.24) is 0 Å². The highest BCUT2D eigenvalue weighted by molar-refractivity contribution is 5.90. The predicted octanol–water partition coefficient (Wildman–Crippen LogP) is 3.11. The molecule has 0 heterocycles. The van der Waals surface area contributed by atoms with Crippen LogP contribution < -0.4 is 0 Å². The number of phenolic OH excluding ortho intramolecular Hbond substituents is 1. The second kappa shape index (κ2) is 3.09. The van der Waals surface area contributed by atoms with Crippen molar-refractivity contribution in [1.29, 1.82) is 0 Å². The van der Waals surface area contributed by atoms with Gasteiger partial charge >= 0.3 is 0 Å². The highest BCUT2D eigenvalue weighted by Crippen LogP contribution is 2.27. The Morgan fingerprint density at radius 1 is 1.00 bits per heavy atom. The lowest BCUT2D eigenvalue weighted by Crippen LogP contribution is -1.83. The molecular formula is C12H12O. The van der Waals surface area contributed by atoms with Gasteiger partial charge < -0.3 is 5.11 Å². The van der Waals surface area contributed by atoms with Crippen LogP contribution in [0.1, 0.15) is 12.5 Å². The average Bonchev–Trinajstić information content (AvgIpc) is 2.19. The highest BCUT2D eigenvalue weighted by Gasteiger charge is 2.01. The van der Waals surface area contributed by atoms with Crippen molar-refractivity contribution in [2.75, 3.05) is 0 Å². The molecule has 0 unspecified atom stereocenters. The molecule has 0 radical (unpaired) electrons. The molecular weight excluding hydrogens is 160 g/mol. The summed E-state index contributed by atoms with van der Waals surface area (Å²) in [6.07, 6.45) is 1.00. The summed E-state index contributed by atoms with van der Waals surface area (Å²) in [7, 11) is 0. The Kier molecular flexibility index (Phi) is 1.93. The standard InChI is InChI=1S/C12H12O/c1-2-9-7-8-12(13)11-6-4-3-5-10(9)11/h3-8,13H,2H2,1H3. The lowest BCUT2D eigenvalue weighted by Gasteiger charge is -2.05. The lowest BCUT2D eigenvalue weighted by molar-refractivity contribution is 0.481. The Labute approximate surface area is 77.6 Å². The van der Waals surface area contributed by atoms with Crippen LogP contribution in [-0.2, 0) is 6.42 Å². The van der Waals surface area contributed by atoms with Gasteiger partial charge in [-0.1, -0.05) is 37.3 Å². The van der Waals surface area contributed by atoms with Crippen molar-refractivity contribution in [2.24, 2.45) is 0 Å². The Morgan fingerprint density at radius 2 is 1.69 bits per heavy atom. The zero-order valence-corrected chi connectivity index (χ0v) is 7.62. The number of hydrogen-bond donors (Lipinski definition) is 1. The van der Waals surface area contributed by atoms with Crippen LogP contribution in [0.5, 0.6) is 5.75 Å². The quantitative estimate of drug-likeness (QED) is 0.700. The zero-order chi connectivity index (χ0) is 9.26. The van der Waals surface area contributed by atoms with Gasteiger partial charge in [0.2, 0.25) is 0 Å². The van der Waals surface area contributed by atoms with Gasteiger partial charge in [-0.2, -0.15) is 0 Å². The molecule has 0 bridgehead atoms. The van der Waals surface area contributed by atoms with Gasteiger partial charge in [-0.25, -0.2) is 0 Å². The van der Waals surface area contributed by atoms with Gasteiger partial charge in [0.25, 0.3) is 0 Å². The van der Waals surface area contributed by atoms with Crippen LogP contribution >= 0.6 is 0 Å². The second-order valence-corrected chi connectivity index (χ2v) is 3.14. The molecule has 0 atom stereocenters. The molecule has 0 aliphatic carbocycles. The van der Waals surface area contributed by atoms with Crippen molar-refractivity contribution in [2.45, 2.75) is 13.3 Å². The summed E-state index contributed by atoms with van der Waals surface area (Å²) in [4.78, 5) is 0. The number of benzene rings is 2. The third-order valence-corrected chi connectivity index (χ3v) is 2.37. The first kappa shape index (κ1) is 8.11. The van der Waals surface area contributed by atoms with E-state index in [2.05, 4.69) is 6.92 Å². The monoisotopic (exact) mass is 172 g/mol. The van der Waals surface area contributed by atoms with E-state index < -0.39 is 0 Å². The molecule has 0 aliphatic rings. The van der Waals surface area contributed by atoms with Crippen molar-refractivity contribution in [3.63, 3.8) is 0 Å². The Balaban J connectivity index is 2.84. The maximum atomic E-state index is 9.59. The molecule has 0 amide bonds. The number of fused-ring (bicyclic) bond motifs is 1. The van der Waals surface area contributed by atoms with Gasteiger partial charge in [-0.3, -0.25) is 0 Å². The van der Waals surface area contributed by atoms with Crippen LogP contribution in [0, 0.1) is 0 Å². The number of rotatable bonds is 1. The molecule has 1 N–H and O–H groups in total. The molecule has 13 heavy (non-hydrogen) atoms. The summed E-state index contributed by atoms with van der Waals surface area (Å²) < 4.78 is 0. The minimum atomic E-state index is 0.368. The average molecular weight is 172 g/mol. The van der Waals surface area contributed by atoms with E-state index in [4.69, 9.17) is 0 Å². The largest absolute Gasteiger partial charge is 0.507 e. The van der Waals surface area contributed by atoms with Gasteiger partial charge in [-0.15, -0.1) is 0 Å². The van der Waals surface area contributed by atoms with E-state index in [1.165, 1.54) is 5.56 Å². The minimum absolute atomic E-state index is 0.368. The molecule has 66 valence electrons. The van der Waals surface area contributed by atoms with Crippen molar-refractivity contribution < 1.29 is 5.11 Å². The summed E-state index contributed by atoms with van der Waals surface area (Å²) in [5.74, 6) is 0.368. The summed E-state index contributed by atoms with van der Waals surface area (Å²) in [5.41, 5.74) is 1.29. The fourth-order valence-corrected chi connectivity index (χ4v) is 1.65. The molecule has 1 nitrogen and oxygen atoms in total. The fraction of sp³-hybridized carbons (Fsp3) is 0.167. The SMILES string of the molecule is CCc1ccc(O)c2ccccc12. The van der Waals surface area contributed by atoms with E-state index in [0.717, 1.165) is 17.2 Å². The highest BCUT2D eigenvalue weighted by atomic mass is 16.3. The van der Waals surface area contributed by atoms with Crippen LogP contribution in [0.2, 0.25) is 0 Å². The van der Waals surface area contributed by atoms with Crippen LogP contribution in [0.25, 0.3) is 10.8 Å². The summed E-state index contributed by atoms with van der Waals surface area (Å²) in [6, 6.07) is 11.7. The first-order chi connectivity index (χ1) is 6.33. The lowest BCUT2D eigenvalue weighted by atomic mass is 10.0. The number of aromatic hydroxyl groups is 1. The van der Waals surface area contributed by atoms with Gasteiger partial charge in [0.1, 0.15) is 5.75 Å². The molecule has 1 heteroatoms. The Hall–Kier alpha value is -1.50. The fourth-order valence-electron chi connectivity index (χ4n) is 1.65. The molecule has 2 aromatic carbocycles. The molecule has 2 aromatic rings. The van der Waals surface area contributed by atoms with Gasteiger partial charge in [-0.05, 0) is 23.4 Å². The Bertz CT molecular complexity index is 432. The van der Waals surface area contributed by atoms with Crippen LogP contribution in [0.4, 0.5) is 0 Å². The Morgan fingerprint density at radius 3 is 2.38 bits per heavy atom. The maximum Gasteiger partial charge on any atom is 0.123 e. The number of aryl methyl sites for hydroxylation is 1. The topological polar surface area (TPSA) is 20.2 Å². The smallest absolute Gasteiger partial charge is 0.123 e. The van der Waals surface area contributed by atoms with E-state index >= 15 is 0 Å². The molecule has 0 spiro atoms. The van der Waals surface area contributed by atoms with Crippen LogP contribution in [-0.4, -0.2) is 5.11 Å². The first-order valence-electron chi connectivity index (χ1n) is 4.52. The third kappa shape index (κ3) is 1.26. The molecule has 0 saturated heterocycles. The molecule has 2 rings (SSSR count). The van der Waals surface area contributed by atoms with Crippen molar-refractivity contribution in [3.05, 3.63) is 42.0 Å². The van der Waals surface area contributed by atoms with Crippen LogP contribution in [0.3, 0.4) is 0 Å². The van der Waals surface area contributed by atoms with E-state index in [-0.39, 0.29) is 0 Å². The summed E-state index contributed by atoms with van der Waals surface area (Å²) in [6.45, 7) is 2.12. The first-order valence-corrected chi connectivity index (χ1v) is 4.52. The van der Waals surface area contributed by atoms with Gasteiger partial charge in [0.05, 0.1) is 0 Å².